The van der Waals surface area contributed by atoms with E-state index in [0.29, 0.717) is 23.8 Å². The molecule has 2 unspecified atom stereocenters. The molecule has 2 N–H and O–H groups in total. The van der Waals surface area contributed by atoms with Gasteiger partial charge in [-0.15, -0.1) is 11.3 Å². The number of carbonyl (C=O) groups excluding carboxylic acids is 2. The van der Waals surface area contributed by atoms with Gasteiger partial charge in [0.1, 0.15) is 12.6 Å². The van der Waals surface area contributed by atoms with Gasteiger partial charge in [-0.3, -0.25) is 10.1 Å². The number of rotatable bonds is 6. The minimum atomic E-state index is -0.987. The van der Waals surface area contributed by atoms with Gasteiger partial charge in [0.15, 0.2) is 5.13 Å². The number of nitrogens with zero attached hydrogens (tertiary/aromatic N) is 2. The van der Waals surface area contributed by atoms with Crippen LogP contribution in [-0.2, 0) is 20.7 Å². The lowest BCUT2D eigenvalue weighted by atomic mass is 9.98. The number of nitrogens with one attached hydrogen (secondary N) is 1. The van der Waals surface area contributed by atoms with Crippen molar-refractivity contribution in [2.45, 2.75) is 31.7 Å². The van der Waals surface area contributed by atoms with Crippen molar-refractivity contribution in [3.8, 4) is 11.1 Å². The Balaban J connectivity index is 1.18. The Bertz CT molecular complexity index is 1240. The van der Waals surface area contributed by atoms with Gasteiger partial charge in [0.25, 0.3) is 0 Å². The normalized spacial score (nSPS) is 18.7. The van der Waals surface area contributed by atoms with Gasteiger partial charge in [0, 0.05) is 17.8 Å². The fraction of sp³-hybridized carbons (Fsp3) is 0.308. The zero-order valence-electron chi connectivity index (χ0n) is 19.1. The number of carbonyl (C=O) groups is 3. The highest BCUT2D eigenvalue weighted by molar-refractivity contribution is 7.13. The van der Waals surface area contributed by atoms with Crippen LogP contribution in [0.5, 0.6) is 0 Å². The molecule has 3 aromatic rings. The Morgan fingerprint density at radius 3 is 2.43 bits per heavy atom. The second-order valence-corrected chi connectivity index (χ2v) is 9.77. The third-order valence-electron chi connectivity index (χ3n) is 6.71. The van der Waals surface area contributed by atoms with Crippen LogP contribution >= 0.6 is 11.3 Å². The van der Waals surface area contributed by atoms with Crippen LogP contribution in [0.4, 0.5) is 9.93 Å². The van der Waals surface area contributed by atoms with E-state index in [2.05, 4.69) is 34.6 Å². The molecular weight excluding hydrogens is 466 g/mol. The molecule has 2 heterocycles. The number of aromatic nitrogens is 1. The Morgan fingerprint density at radius 1 is 1.11 bits per heavy atom. The van der Waals surface area contributed by atoms with Gasteiger partial charge in [-0.25, -0.2) is 14.6 Å². The topological polar surface area (TPSA) is 109 Å². The minimum absolute atomic E-state index is 0.0145. The molecule has 8 nitrogen and oxygen atoms in total. The van der Waals surface area contributed by atoms with Crippen molar-refractivity contribution in [2.24, 2.45) is 5.92 Å². The maximum atomic E-state index is 12.7. The summed E-state index contributed by atoms with van der Waals surface area (Å²) in [6.45, 7) is 2.46. The van der Waals surface area contributed by atoms with Crippen LogP contribution in [0.1, 0.15) is 36.1 Å². The van der Waals surface area contributed by atoms with Crippen LogP contribution in [-0.4, -0.2) is 52.2 Å². The molecule has 1 aliphatic carbocycles. The molecule has 2 aliphatic rings. The van der Waals surface area contributed by atoms with Crippen molar-refractivity contribution >= 4 is 34.4 Å². The van der Waals surface area contributed by atoms with Crippen molar-refractivity contribution < 1.29 is 24.2 Å². The van der Waals surface area contributed by atoms with E-state index in [9.17, 15) is 19.5 Å². The third kappa shape index (κ3) is 4.51. The number of benzene rings is 2. The van der Waals surface area contributed by atoms with E-state index < -0.39 is 18.1 Å². The van der Waals surface area contributed by atoms with Crippen LogP contribution in [0.15, 0.2) is 53.9 Å². The Hall–Kier alpha value is -3.72. The summed E-state index contributed by atoms with van der Waals surface area (Å²) in [5.74, 6) is -1.39. The Morgan fingerprint density at radius 2 is 1.77 bits per heavy atom. The molecule has 0 bridgehead atoms. The lowest BCUT2D eigenvalue weighted by Crippen LogP contribution is -2.43. The number of aliphatic carboxylic acids is 1. The maximum absolute atomic E-state index is 12.7. The van der Waals surface area contributed by atoms with Gasteiger partial charge < -0.3 is 14.7 Å². The van der Waals surface area contributed by atoms with Gasteiger partial charge in [-0.05, 0) is 34.6 Å². The average molecular weight is 492 g/mol. The largest absolute Gasteiger partial charge is 0.480 e. The predicted molar refractivity (Wildman–Crippen MR) is 131 cm³/mol. The van der Waals surface area contributed by atoms with Gasteiger partial charge in [0.2, 0.25) is 5.91 Å². The quantitative estimate of drug-likeness (QED) is 0.530. The monoisotopic (exact) mass is 491 g/mol. The van der Waals surface area contributed by atoms with Crippen LogP contribution in [0.25, 0.3) is 11.1 Å². The smallest absolute Gasteiger partial charge is 0.413 e. The fourth-order valence-electron chi connectivity index (χ4n) is 5.03. The fourth-order valence-corrected chi connectivity index (χ4v) is 5.72. The number of hydrogen-bond acceptors (Lipinski definition) is 6. The van der Waals surface area contributed by atoms with E-state index in [1.54, 1.807) is 5.38 Å². The van der Waals surface area contributed by atoms with Crippen LogP contribution in [0.3, 0.4) is 0 Å². The third-order valence-corrected chi connectivity index (χ3v) is 7.52. The molecule has 1 aliphatic heterocycles. The first-order chi connectivity index (χ1) is 16.9. The zero-order chi connectivity index (χ0) is 24.5. The number of anilines is 1. The van der Waals surface area contributed by atoms with Crippen LogP contribution < -0.4 is 5.32 Å². The number of likely N-dealkylation sites (tertiary alicyclic amines) is 1. The summed E-state index contributed by atoms with van der Waals surface area (Å²) in [6, 6.07) is 15.4. The number of carboxylic acids is 1. The van der Waals surface area contributed by atoms with Crippen molar-refractivity contribution in [1.82, 2.24) is 9.88 Å². The Labute approximate surface area is 206 Å². The minimum Gasteiger partial charge on any atom is -0.480 e. The van der Waals surface area contributed by atoms with E-state index in [-0.39, 0.29) is 30.8 Å². The standard InChI is InChI=1S/C26H25N3O5S/c1-15-10-11-29(23(15)24(31)32)22(30)12-16-14-35-25(27-16)28-26(33)34-13-21-19-8-4-2-6-17(19)18-7-3-5-9-20(18)21/h2-9,14-15,21,23H,10-13H2,1H3,(H,31,32)(H,27,28,33). The van der Waals surface area contributed by atoms with E-state index in [1.807, 2.05) is 31.2 Å². The molecule has 2 amide bonds. The highest BCUT2D eigenvalue weighted by Crippen LogP contribution is 2.44. The average Bonchev–Trinajstić information content (AvgIpc) is 3.53. The second-order valence-electron chi connectivity index (χ2n) is 8.91. The molecule has 2 atom stereocenters. The van der Waals surface area contributed by atoms with Crippen molar-refractivity contribution in [2.75, 3.05) is 18.5 Å². The van der Waals surface area contributed by atoms with Crippen LogP contribution in [0, 0.1) is 5.92 Å². The molecule has 0 radical (unpaired) electrons. The highest BCUT2D eigenvalue weighted by atomic mass is 32.1. The van der Waals surface area contributed by atoms with Crippen molar-refractivity contribution in [3.05, 3.63) is 70.7 Å². The molecule has 5 rings (SSSR count). The molecular formula is C26H25N3O5S. The summed E-state index contributed by atoms with van der Waals surface area (Å²) in [5, 5.41) is 14.1. The lowest BCUT2D eigenvalue weighted by Gasteiger charge is -2.23. The number of amides is 2. The lowest BCUT2D eigenvalue weighted by molar-refractivity contribution is -0.149. The number of carboxylic acid groups (broad SMARTS) is 1. The number of thiazole rings is 1. The number of fused-ring (bicyclic) bond motifs is 3. The molecule has 35 heavy (non-hydrogen) atoms. The van der Waals surface area contributed by atoms with Gasteiger partial charge >= 0.3 is 12.1 Å². The van der Waals surface area contributed by atoms with Crippen LogP contribution in [0.2, 0.25) is 0 Å². The summed E-state index contributed by atoms with van der Waals surface area (Å²) in [7, 11) is 0. The molecule has 0 saturated carbocycles. The summed E-state index contributed by atoms with van der Waals surface area (Å²) in [6.07, 6.45) is 0.0340. The van der Waals surface area contributed by atoms with Gasteiger partial charge in [-0.2, -0.15) is 0 Å². The second kappa shape index (κ2) is 9.50. The summed E-state index contributed by atoms with van der Waals surface area (Å²) >= 11 is 1.20. The zero-order valence-corrected chi connectivity index (χ0v) is 20.0. The number of hydrogen-bond donors (Lipinski definition) is 2. The highest BCUT2D eigenvalue weighted by Gasteiger charge is 2.39. The van der Waals surface area contributed by atoms with E-state index >= 15 is 0 Å². The first-order valence-electron chi connectivity index (χ1n) is 11.5. The molecule has 9 heteroatoms. The predicted octanol–water partition coefficient (Wildman–Crippen LogP) is 4.37. The molecule has 0 spiro atoms. The van der Waals surface area contributed by atoms with E-state index in [1.165, 1.54) is 16.2 Å². The SMILES string of the molecule is CC1CCN(C(=O)Cc2csc(NC(=O)OCC3c4ccccc4-c4ccccc43)n2)C1C(=O)O. The molecule has 1 fully saturated rings. The molecule has 1 saturated heterocycles. The first-order valence-corrected chi connectivity index (χ1v) is 12.4. The summed E-state index contributed by atoms with van der Waals surface area (Å²) in [5.41, 5.74) is 5.06. The van der Waals surface area contributed by atoms with E-state index in [4.69, 9.17) is 4.74 Å². The van der Waals surface area contributed by atoms with Crippen molar-refractivity contribution in [1.29, 1.82) is 0 Å². The van der Waals surface area contributed by atoms with Gasteiger partial charge in [0.05, 0.1) is 12.1 Å². The summed E-state index contributed by atoms with van der Waals surface area (Å²) in [4.78, 5) is 42.4. The first kappa shape index (κ1) is 23.0. The molecule has 2 aromatic carbocycles. The molecule has 180 valence electrons. The van der Waals surface area contributed by atoms with Crippen molar-refractivity contribution in [3.63, 3.8) is 0 Å². The van der Waals surface area contributed by atoms with Gasteiger partial charge in [-0.1, -0.05) is 55.5 Å². The summed E-state index contributed by atoms with van der Waals surface area (Å²) < 4.78 is 5.54. The number of ether oxygens (including phenoxy) is 1. The maximum Gasteiger partial charge on any atom is 0.413 e. The molecule has 1 aromatic heterocycles. The van der Waals surface area contributed by atoms with E-state index in [0.717, 1.165) is 22.3 Å². The Kier molecular flexibility index (Phi) is 6.25.